The largest absolute Gasteiger partial charge is 0.367 e. The fraction of sp³-hybridized carbons (Fsp3) is 0.375. The monoisotopic (exact) mass is 149 g/mol. The Kier molecular flexibility index (Phi) is 1.63. The molecule has 11 heavy (non-hydrogen) atoms. The van der Waals surface area contributed by atoms with Gasteiger partial charge in [0, 0.05) is 24.0 Å². The van der Waals surface area contributed by atoms with Crippen molar-refractivity contribution in [3.8, 4) is 0 Å². The SMILES string of the molecule is C(=N\NC1CC1)/c1cc[nH]c1. The Bertz CT molecular complexity index is 234. The van der Waals surface area contributed by atoms with Crippen LogP contribution in [0, 0.1) is 0 Å². The minimum atomic E-state index is 0.644. The molecule has 0 radical (unpaired) electrons. The molecule has 0 aliphatic heterocycles. The van der Waals surface area contributed by atoms with Gasteiger partial charge in [-0.15, -0.1) is 0 Å². The molecule has 0 unspecified atom stereocenters. The zero-order chi connectivity index (χ0) is 7.52. The van der Waals surface area contributed by atoms with E-state index in [1.165, 1.54) is 12.8 Å². The summed E-state index contributed by atoms with van der Waals surface area (Å²) in [5, 5.41) is 4.08. The minimum absolute atomic E-state index is 0.644. The molecule has 58 valence electrons. The Morgan fingerprint density at radius 1 is 1.64 bits per heavy atom. The second-order valence-corrected chi connectivity index (χ2v) is 2.81. The Hall–Kier alpha value is -1.25. The topological polar surface area (TPSA) is 40.2 Å². The summed E-state index contributed by atoms with van der Waals surface area (Å²) in [6, 6.07) is 2.63. The summed E-state index contributed by atoms with van der Waals surface area (Å²) in [4.78, 5) is 2.96. The Morgan fingerprint density at radius 2 is 2.55 bits per heavy atom. The van der Waals surface area contributed by atoms with Gasteiger partial charge in [-0.2, -0.15) is 5.10 Å². The third kappa shape index (κ3) is 1.83. The summed E-state index contributed by atoms with van der Waals surface area (Å²) in [7, 11) is 0. The van der Waals surface area contributed by atoms with E-state index < -0.39 is 0 Å². The number of aromatic nitrogens is 1. The van der Waals surface area contributed by atoms with Crippen molar-refractivity contribution in [2.75, 3.05) is 0 Å². The van der Waals surface area contributed by atoms with E-state index >= 15 is 0 Å². The van der Waals surface area contributed by atoms with Crippen molar-refractivity contribution in [3.63, 3.8) is 0 Å². The van der Waals surface area contributed by atoms with Gasteiger partial charge in [-0.25, -0.2) is 0 Å². The van der Waals surface area contributed by atoms with Crippen LogP contribution in [-0.4, -0.2) is 17.2 Å². The maximum atomic E-state index is 4.08. The van der Waals surface area contributed by atoms with Crippen LogP contribution in [0.2, 0.25) is 0 Å². The number of H-pyrrole nitrogens is 1. The molecule has 1 aliphatic rings. The molecule has 2 rings (SSSR count). The second-order valence-electron chi connectivity index (χ2n) is 2.81. The molecule has 3 nitrogen and oxygen atoms in total. The normalized spacial score (nSPS) is 17.5. The molecule has 0 atom stereocenters. The van der Waals surface area contributed by atoms with Gasteiger partial charge in [-0.3, -0.25) is 0 Å². The Balaban J connectivity index is 1.83. The highest BCUT2D eigenvalue weighted by Gasteiger charge is 2.19. The van der Waals surface area contributed by atoms with Gasteiger partial charge in [0.25, 0.3) is 0 Å². The smallest absolute Gasteiger partial charge is 0.0555 e. The number of nitrogens with one attached hydrogen (secondary N) is 2. The lowest BCUT2D eigenvalue weighted by atomic mass is 10.4. The van der Waals surface area contributed by atoms with Gasteiger partial charge in [-0.05, 0) is 18.9 Å². The highest BCUT2D eigenvalue weighted by Crippen LogP contribution is 2.18. The number of hydrogen-bond donors (Lipinski definition) is 2. The van der Waals surface area contributed by atoms with E-state index in [0.717, 1.165) is 5.56 Å². The highest BCUT2D eigenvalue weighted by atomic mass is 15.3. The summed E-state index contributed by atoms with van der Waals surface area (Å²) in [5.74, 6) is 0. The van der Waals surface area contributed by atoms with Crippen molar-refractivity contribution in [3.05, 3.63) is 24.0 Å². The first-order valence-electron chi connectivity index (χ1n) is 3.86. The molecular weight excluding hydrogens is 138 g/mol. The van der Waals surface area contributed by atoms with Crippen molar-refractivity contribution in [1.29, 1.82) is 0 Å². The van der Waals surface area contributed by atoms with Gasteiger partial charge in [0.1, 0.15) is 0 Å². The first-order valence-corrected chi connectivity index (χ1v) is 3.86. The zero-order valence-electron chi connectivity index (χ0n) is 6.25. The molecule has 0 aromatic carbocycles. The number of rotatable bonds is 3. The second kappa shape index (κ2) is 2.78. The fourth-order valence-corrected chi connectivity index (χ4v) is 0.847. The zero-order valence-corrected chi connectivity index (χ0v) is 6.25. The Morgan fingerprint density at radius 3 is 3.18 bits per heavy atom. The van der Waals surface area contributed by atoms with Crippen molar-refractivity contribution in [1.82, 2.24) is 10.4 Å². The maximum absolute atomic E-state index is 4.08. The highest BCUT2D eigenvalue weighted by molar-refractivity contribution is 5.78. The van der Waals surface area contributed by atoms with E-state index in [0.29, 0.717) is 6.04 Å². The molecular formula is C8H11N3. The number of hydrazone groups is 1. The quantitative estimate of drug-likeness (QED) is 0.490. The summed E-state index contributed by atoms with van der Waals surface area (Å²) in [5.41, 5.74) is 4.16. The van der Waals surface area contributed by atoms with Crippen LogP contribution in [0.4, 0.5) is 0 Å². The summed E-state index contributed by atoms with van der Waals surface area (Å²) >= 11 is 0. The van der Waals surface area contributed by atoms with Crippen molar-refractivity contribution >= 4 is 6.21 Å². The molecule has 1 heterocycles. The van der Waals surface area contributed by atoms with E-state index in [2.05, 4.69) is 15.5 Å². The van der Waals surface area contributed by atoms with E-state index in [4.69, 9.17) is 0 Å². The van der Waals surface area contributed by atoms with Gasteiger partial charge in [0.05, 0.1) is 6.21 Å². The molecule has 1 aliphatic carbocycles. The van der Waals surface area contributed by atoms with Crippen molar-refractivity contribution < 1.29 is 0 Å². The lowest BCUT2D eigenvalue weighted by Crippen LogP contribution is -2.07. The van der Waals surface area contributed by atoms with E-state index in [1.54, 1.807) is 0 Å². The molecule has 1 aromatic heterocycles. The van der Waals surface area contributed by atoms with Crippen LogP contribution in [0.15, 0.2) is 23.6 Å². The van der Waals surface area contributed by atoms with E-state index in [-0.39, 0.29) is 0 Å². The molecule has 0 spiro atoms. The van der Waals surface area contributed by atoms with Crippen LogP contribution in [0.3, 0.4) is 0 Å². The molecule has 0 amide bonds. The summed E-state index contributed by atoms with van der Waals surface area (Å²) in [6.45, 7) is 0. The maximum Gasteiger partial charge on any atom is 0.0555 e. The molecule has 1 saturated carbocycles. The number of aromatic amines is 1. The molecule has 2 N–H and O–H groups in total. The first-order chi connectivity index (χ1) is 5.45. The number of hydrogen-bond acceptors (Lipinski definition) is 2. The van der Waals surface area contributed by atoms with Gasteiger partial charge < -0.3 is 10.4 Å². The standard InChI is InChI=1S/C8H11N3/c1-2-8(1)11-10-6-7-3-4-9-5-7/h3-6,8-9,11H,1-2H2/b10-6+. The molecule has 1 fully saturated rings. The van der Waals surface area contributed by atoms with Gasteiger partial charge in [-0.1, -0.05) is 0 Å². The molecule has 0 bridgehead atoms. The average molecular weight is 149 g/mol. The molecule has 1 aromatic rings. The fourth-order valence-electron chi connectivity index (χ4n) is 0.847. The molecule has 0 saturated heterocycles. The lowest BCUT2D eigenvalue weighted by Gasteiger charge is -1.91. The third-order valence-corrected chi connectivity index (χ3v) is 1.67. The van der Waals surface area contributed by atoms with Gasteiger partial charge in [0.2, 0.25) is 0 Å². The molecule has 3 heteroatoms. The first kappa shape index (κ1) is 6.46. The van der Waals surface area contributed by atoms with Crippen LogP contribution in [0.25, 0.3) is 0 Å². The predicted molar refractivity (Wildman–Crippen MR) is 44.5 cm³/mol. The van der Waals surface area contributed by atoms with Crippen LogP contribution < -0.4 is 5.43 Å². The Labute approximate surface area is 65.5 Å². The third-order valence-electron chi connectivity index (χ3n) is 1.67. The summed E-state index contributed by atoms with van der Waals surface area (Å²) < 4.78 is 0. The van der Waals surface area contributed by atoms with Crippen molar-refractivity contribution in [2.45, 2.75) is 18.9 Å². The van der Waals surface area contributed by atoms with Crippen molar-refractivity contribution in [2.24, 2.45) is 5.10 Å². The van der Waals surface area contributed by atoms with Crippen LogP contribution in [-0.2, 0) is 0 Å². The van der Waals surface area contributed by atoms with Gasteiger partial charge >= 0.3 is 0 Å². The number of nitrogens with zero attached hydrogens (tertiary/aromatic N) is 1. The minimum Gasteiger partial charge on any atom is -0.367 e. The summed E-state index contributed by atoms with van der Waals surface area (Å²) in [6.07, 6.45) is 8.17. The van der Waals surface area contributed by atoms with Gasteiger partial charge in [0.15, 0.2) is 0 Å². The van der Waals surface area contributed by atoms with E-state index in [9.17, 15) is 0 Å². The van der Waals surface area contributed by atoms with Crippen LogP contribution in [0.1, 0.15) is 18.4 Å². The van der Waals surface area contributed by atoms with E-state index in [1.807, 2.05) is 24.7 Å². The predicted octanol–water partition coefficient (Wildman–Crippen LogP) is 1.10. The lowest BCUT2D eigenvalue weighted by molar-refractivity contribution is 0.741. The van der Waals surface area contributed by atoms with Crippen LogP contribution >= 0.6 is 0 Å². The van der Waals surface area contributed by atoms with Crippen LogP contribution in [0.5, 0.6) is 0 Å². The average Bonchev–Trinajstić information content (AvgIpc) is 2.66.